The monoisotopic (exact) mass is 563 g/mol. The third-order valence-electron chi connectivity index (χ3n) is 7.08. The zero-order chi connectivity index (χ0) is 28.9. The van der Waals surface area contributed by atoms with Crippen molar-refractivity contribution in [3.8, 4) is 28.7 Å². The number of hydrogen-bond donors (Lipinski definition) is 1. The number of fused-ring (bicyclic) bond motifs is 1. The van der Waals surface area contributed by atoms with Crippen LogP contribution in [0, 0.1) is 0 Å². The van der Waals surface area contributed by atoms with Gasteiger partial charge in [-0.05, 0) is 39.2 Å². The molecule has 1 aliphatic carbocycles. The Morgan fingerprint density at radius 3 is 2.44 bits per heavy atom. The standard InChI is InChI=1S/C28H28F3N9O/c1-15(2)39-13-20(28(29,30)31)36-25(39)19-9-5-17(6-10-19)16(3)35-24-26-32-11-12-40(26)38-23(37-24)21-22(18-7-8-18)33-14-34-27(21)41-4/h5-6,9-16,18H,7-8H2,1-4H3,(H,35,37,38)/t16-/m0/s1. The number of nitrogens with one attached hydrogen (secondary N) is 1. The molecule has 4 aromatic heterocycles. The van der Waals surface area contributed by atoms with Crippen molar-refractivity contribution in [1.29, 1.82) is 0 Å². The highest BCUT2D eigenvalue weighted by Crippen LogP contribution is 2.45. The Hall–Kier alpha value is -4.55. The molecule has 0 aliphatic heterocycles. The highest BCUT2D eigenvalue weighted by Gasteiger charge is 2.35. The SMILES string of the molecule is COc1ncnc(C2CC2)c1-c1nc(N[C@@H](C)c2ccc(-c3nc(C(F)(F)F)cn3C(C)C)cc2)c2nccn2n1. The van der Waals surface area contributed by atoms with Crippen LogP contribution in [0.15, 0.2) is 49.2 Å². The van der Waals surface area contributed by atoms with Crippen LogP contribution in [0.4, 0.5) is 19.0 Å². The van der Waals surface area contributed by atoms with Crippen molar-refractivity contribution in [1.82, 2.24) is 39.1 Å². The predicted molar refractivity (Wildman–Crippen MR) is 145 cm³/mol. The molecule has 0 amide bonds. The van der Waals surface area contributed by atoms with E-state index in [9.17, 15) is 13.2 Å². The molecule has 0 radical (unpaired) electrons. The number of hydrogen-bond acceptors (Lipinski definition) is 8. The van der Waals surface area contributed by atoms with E-state index in [0.29, 0.717) is 40.2 Å². The Kier molecular flexibility index (Phi) is 6.59. The number of halogens is 3. The lowest BCUT2D eigenvalue weighted by molar-refractivity contribution is -0.140. The van der Waals surface area contributed by atoms with Crippen LogP contribution in [0.3, 0.4) is 0 Å². The fraction of sp³-hybridized carbons (Fsp3) is 0.357. The van der Waals surface area contributed by atoms with Crippen LogP contribution < -0.4 is 10.1 Å². The molecule has 5 aromatic rings. The Morgan fingerprint density at radius 2 is 1.78 bits per heavy atom. The van der Waals surface area contributed by atoms with E-state index in [1.165, 1.54) is 10.9 Å². The van der Waals surface area contributed by atoms with E-state index in [0.717, 1.165) is 30.3 Å². The summed E-state index contributed by atoms with van der Waals surface area (Å²) in [5.74, 6) is 1.92. The van der Waals surface area contributed by atoms with Crippen LogP contribution in [0.2, 0.25) is 0 Å². The van der Waals surface area contributed by atoms with Gasteiger partial charge in [0.25, 0.3) is 0 Å². The van der Waals surface area contributed by atoms with Crippen LogP contribution in [0.25, 0.3) is 28.4 Å². The maximum atomic E-state index is 13.4. The van der Waals surface area contributed by atoms with E-state index in [1.807, 2.05) is 32.9 Å². The van der Waals surface area contributed by atoms with Gasteiger partial charge in [-0.3, -0.25) is 0 Å². The predicted octanol–water partition coefficient (Wildman–Crippen LogP) is 6.10. The van der Waals surface area contributed by atoms with Crippen LogP contribution in [0.5, 0.6) is 5.88 Å². The van der Waals surface area contributed by atoms with Gasteiger partial charge in [0.05, 0.1) is 18.8 Å². The number of methoxy groups -OCH3 is 1. The van der Waals surface area contributed by atoms with Crippen molar-refractivity contribution in [2.45, 2.75) is 57.8 Å². The average molecular weight is 564 g/mol. The molecule has 6 rings (SSSR count). The summed E-state index contributed by atoms with van der Waals surface area (Å²) < 4.78 is 48.8. The molecule has 13 heteroatoms. The van der Waals surface area contributed by atoms with Crippen molar-refractivity contribution in [3.63, 3.8) is 0 Å². The van der Waals surface area contributed by atoms with Gasteiger partial charge in [-0.25, -0.2) is 29.4 Å². The second-order valence-corrected chi connectivity index (χ2v) is 10.3. The minimum absolute atomic E-state index is 0.188. The first-order valence-electron chi connectivity index (χ1n) is 13.3. The molecule has 0 saturated heterocycles. The minimum atomic E-state index is -4.52. The summed E-state index contributed by atoms with van der Waals surface area (Å²) in [5.41, 5.74) is 2.64. The van der Waals surface area contributed by atoms with Gasteiger partial charge in [-0.1, -0.05) is 24.3 Å². The summed E-state index contributed by atoms with van der Waals surface area (Å²) in [7, 11) is 1.56. The van der Waals surface area contributed by atoms with Gasteiger partial charge in [-0.15, -0.1) is 5.10 Å². The molecule has 0 spiro atoms. The molecule has 0 unspecified atom stereocenters. The highest BCUT2D eigenvalue weighted by atomic mass is 19.4. The van der Waals surface area contributed by atoms with Crippen molar-refractivity contribution in [3.05, 3.63) is 66.1 Å². The second-order valence-electron chi connectivity index (χ2n) is 10.3. The van der Waals surface area contributed by atoms with Crippen LogP contribution in [0.1, 0.15) is 68.6 Å². The first kappa shape index (κ1) is 26.7. The topological polar surface area (TPSA) is 108 Å². The molecule has 1 atom stereocenters. The molecule has 1 N–H and O–H groups in total. The average Bonchev–Trinajstić information content (AvgIpc) is 3.49. The number of anilines is 1. The number of nitrogens with zero attached hydrogens (tertiary/aromatic N) is 8. The fourth-order valence-corrected chi connectivity index (χ4v) is 4.79. The maximum Gasteiger partial charge on any atom is 0.434 e. The quantitative estimate of drug-likeness (QED) is 0.241. The molecular formula is C28H28F3N9O. The number of aromatic nitrogens is 8. The lowest BCUT2D eigenvalue weighted by atomic mass is 10.1. The third-order valence-corrected chi connectivity index (χ3v) is 7.08. The number of ether oxygens (including phenoxy) is 1. The summed E-state index contributed by atoms with van der Waals surface area (Å²) in [6, 6.07) is 6.87. The molecule has 41 heavy (non-hydrogen) atoms. The van der Waals surface area contributed by atoms with Gasteiger partial charge >= 0.3 is 6.18 Å². The van der Waals surface area contributed by atoms with E-state index >= 15 is 0 Å². The van der Waals surface area contributed by atoms with Crippen molar-refractivity contribution >= 4 is 11.5 Å². The molecule has 1 saturated carbocycles. The Morgan fingerprint density at radius 1 is 1.02 bits per heavy atom. The number of rotatable bonds is 8. The zero-order valence-electron chi connectivity index (χ0n) is 22.9. The first-order valence-corrected chi connectivity index (χ1v) is 13.3. The number of benzene rings is 1. The second kappa shape index (κ2) is 10.1. The van der Waals surface area contributed by atoms with Gasteiger partial charge in [0.2, 0.25) is 5.88 Å². The lowest BCUT2D eigenvalue weighted by Crippen LogP contribution is -2.12. The van der Waals surface area contributed by atoms with E-state index in [2.05, 4.69) is 30.4 Å². The Balaban J connectivity index is 1.32. The summed E-state index contributed by atoms with van der Waals surface area (Å²) in [6.07, 6.45) is 3.49. The van der Waals surface area contributed by atoms with Gasteiger partial charge in [-0.2, -0.15) is 13.2 Å². The number of alkyl halides is 3. The molecule has 10 nitrogen and oxygen atoms in total. The van der Waals surface area contributed by atoms with E-state index in [4.69, 9.17) is 9.72 Å². The van der Waals surface area contributed by atoms with Crippen LogP contribution in [-0.4, -0.2) is 46.2 Å². The molecule has 212 valence electrons. The summed E-state index contributed by atoms with van der Waals surface area (Å²) in [6.45, 7) is 5.61. The molecule has 1 aromatic carbocycles. The molecule has 0 bridgehead atoms. The largest absolute Gasteiger partial charge is 0.480 e. The van der Waals surface area contributed by atoms with Crippen LogP contribution >= 0.6 is 0 Å². The normalized spacial score (nSPS) is 14.5. The summed E-state index contributed by atoms with van der Waals surface area (Å²) in [5, 5.41) is 8.09. The molecule has 4 heterocycles. The summed E-state index contributed by atoms with van der Waals surface area (Å²) >= 11 is 0. The molecule has 1 fully saturated rings. The lowest BCUT2D eigenvalue weighted by Gasteiger charge is -2.18. The van der Waals surface area contributed by atoms with Gasteiger partial charge in [0, 0.05) is 36.1 Å². The Labute approximate surface area is 233 Å². The maximum absolute atomic E-state index is 13.4. The van der Waals surface area contributed by atoms with Crippen molar-refractivity contribution in [2.75, 3.05) is 12.4 Å². The number of imidazole rings is 2. The van der Waals surface area contributed by atoms with E-state index in [1.54, 1.807) is 36.2 Å². The van der Waals surface area contributed by atoms with Gasteiger partial charge < -0.3 is 14.6 Å². The molecule has 1 aliphatic rings. The van der Waals surface area contributed by atoms with Crippen molar-refractivity contribution in [2.24, 2.45) is 0 Å². The first-order chi connectivity index (χ1) is 19.6. The minimum Gasteiger partial charge on any atom is -0.480 e. The smallest absolute Gasteiger partial charge is 0.434 e. The fourth-order valence-electron chi connectivity index (χ4n) is 4.79. The highest BCUT2D eigenvalue weighted by molar-refractivity contribution is 5.71. The van der Waals surface area contributed by atoms with Crippen molar-refractivity contribution < 1.29 is 17.9 Å². The zero-order valence-corrected chi connectivity index (χ0v) is 22.9. The van der Waals surface area contributed by atoms with Gasteiger partial charge in [0.1, 0.15) is 17.7 Å². The Bertz CT molecular complexity index is 1710. The van der Waals surface area contributed by atoms with E-state index in [-0.39, 0.29) is 17.9 Å². The summed E-state index contributed by atoms with van der Waals surface area (Å²) in [4.78, 5) is 21.9. The third kappa shape index (κ3) is 5.07. The van der Waals surface area contributed by atoms with Gasteiger partial charge in [0.15, 0.2) is 23.0 Å². The van der Waals surface area contributed by atoms with Crippen LogP contribution in [-0.2, 0) is 6.18 Å². The van der Waals surface area contributed by atoms with E-state index < -0.39 is 11.9 Å². The molecular weight excluding hydrogens is 535 g/mol.